The van der Waals surface area contributed by atoms with Gasteiger partial charge in [-0.05, 0) is 37.2 Å². The van der Waals surface area contributed by atoms with Crippen molar-refractivity contribution in [2.75, 3.05) is 39.8 Å². The molecule has 1 N–H and O–H groups in total. The van der Waals surface area contributed by atoms with Crippen molar-refractivity contribution in [3.63, 3.8) is 0 Å². The maximum atomic E-state index is 5.14. The summed E-state index contributed by atoms with van der Waals surface area (Å²) in [5, 5.41) is 3.42. The second-order valence-corrected chi connectivity index (χ2v) is 4.58. The fourth-order valence-corrected chi connectivity index (χ4v) is 2.14. The van der Waals surface area contributed by atoms with Crippen LogP contribution in [0.15, 0.2) is 30.3 Å². The van der Waals surface area contributed by atoms with Gasteiger partial charge in [-0.2, -0.15) is 0 Å². The molecule has 1 aromatic rings. The summed E-state index contributed by atoms with van der Waals surface area (Å²) < 4.78 is 5.14. The summed E-state index contributed by atoms with van der Waals surface area (Å²) in [6, 6.07) is 8.16. The molecule has 3 nitrogen and oxygen atoms in total. The number of methoxy groups -OCH3 is 1. The molecule has 1 heterocycles. The molecule has 0 spiro atoms. The van der Waals surface area contributed by atoms with Gasteiger partial charge in [0.15, 0.2) is 0 Å². The largest absolute Gasteiger partial charge is 0.497 e. The molecule has 0 aliphatic carbocycles. The molecule has 18 heavy (non-hydrogen) atoms. The SMILES string of the molecule is COc1ccc(C=CCN2CCCNCC2)cc1. The van der Waals surface area contributed by atoms with Crippen LogP contribution in [0.5, 0.6) is 5.75 Å². The van der Waals surface area contributed by atoms with Gasteiger partial charge in [0.2, 0.25) is 0 Å². The van der Waals surface area contributed by atoms with Gasteiger partial charge in [0.1, 0.15) is 5.75 Å². The predicted octanol–water partition coefficient (Wildman–Crippen LogP) is 2.00. The van der Waals surface area contributed by atoms with Crippen LogP contribution in [0, 0.1) is 0 Å². The summed E-state index contributed by atoms with van der Waals surface area (Å²) in [6.45, 7) is 5.63. The highest BCUT2D eigenvalue weighted by Crippen LogP contribution is 2.12. The molecule has 0 unspecified atom stereocenters. The maximum Gasteiger partial charge on any atom is 0.118 e. The number of nitrogens with one attached hydrogen (secondary N) is 1. The average Bonchev–Trinajstić information content (AvgIpc) is 2.68. The Morgan fingerprint density at radius 2 is 2.06 bits per heavy atom. The average molecular weight is 246 g/mol. The van der Waals surface area contributed by atoms with Crippen molar-refractivity contribution in [2.24, 2.45) is 0 Å². The van der Waals surface area contributed by atoms with E-state index in [9.17, 15) is 0 Å². The molecule has 1 saturated heterocycles. The number of hydrogen-bond donors (Lipinski definition) is 1. The zero-order valence-corrected chi connectivity index (χ0v) is 11.1. The number of ether oxygens (including phenoxy) is 1. The normalized spacial score (nSPS) is 17.8. The molecule has 2 rings (SSSR count). The highest BCUT2D eigenvalue weighted by Gasteiger charge is 2.05. The van der Waals surface area contributed by atoms with E-state index < -0.39 is 0 Å². The molecule has 0 aromatic heterocycles. The monoisotopic (exact) mass is 246 g/mol. The minimum atomic E-state index is 0.908. The first-order valence-corrected chi connectivity index (χ1v) is 6.62. The van der Waals surface area contributed by atoms with Crippen LogP contribution in [0.25, 0.3) is 6.08 Å². The Kier molecular flexibility index (Phi) is 5.24. The summed E-state index contributed by atoms with van der Waals surface area (Å²) in [4.78, 5) is 2.49. The molecule has 0 bridgehead atoms. The molecular formula is C15H22N2O. The summed E-state index contributed by atoms with van der Waals surface area (Å²) in [5.74, 6) is 0.908. The van der Waals surface area contributed by atoms with Crippen LogP contribution in [0.1, 0.15) is 12.0 Å². The molecule has 1 fully saturated rings. The van der Waals surface area contributed by atoms with Gasteiger partial charge in [-0.15, -0.1) is 0 Å². The molecule has 98 valence electrons. The van der Waals surface area contributed by atoms with Crippen molar-refractivity contribution >= 4 is 6.08 Å². The zero-order valence-electron chi connectivity index (χ0n) is 11.1. The molecule has 1 aliphatic rings. The smallest absolute Gasteiger partial charge is 0.118 e. The van der Waals surface area contributed by atoms with E-state index in [4.69, 9.17) is 4.74 Å². The van der Waals surface area contributed by atoms with Crippen LogP contribution < -0.4 is 10.1 Å². The predicted molar refractivity (Wildman–Crippen MR) is 76.0 cm³/mol. The first-order valence-electron chi connectivity index (χ1n) is 6.62. The van der Waals surface area contributed by atoms with Crippen LogP contribution in [-0.4, -0.2) is 44.7 Å². The first-order chi connectivity index (χ1) is 8.88. The second-order valence-electron chi connectivity index (χ2n) is 4.58. The number of hydrogen-bond acceptors (Lipinski definition) is 3. The van der Waals surface area contributed by atoms with Gasteiger partial charge in [0.05, 0.1) is 7.11 Å². The lowest BCUT2D eigenvalue weighted by Crippen LogP contribution is -2.28. The summed E-state index contributed by atoms with van der Waals surface area (Å²) in [6.07, 6.45) is 5.67. The molecule has 0 atom stereocenters. The van der Waals surface area contributed by atoms with E-state index in [1.807, 2.05) is 12.1 Å². The fraction of sp³-hybridized carbons (Fsp3) is 0.467. The topological polar surface area (TPSA) is 24.5 Å². The number of benzene rings is 1. The first kappa shape index (κ1) is 13.1. The quantitative estimate of drug-likeness (QED) is 0.879. The van der Waals surface area contributed by atoms with Crippen molar-refractivity contribution in [1.29, 1.82) is 0 Å². The number of rotatable bonds is 4. The second kappa shape index (κ2) is 7.19. The minimum Gasteiger partial charge on any atom is -0.497 e. The van der Waals surface area contributed by atoms with Crippen molar-refractivity contribution in [1.82, 2.24) is 10.2 Å². The maximum absolute atomic E-state index is 5.14. The molecule has 0 amide bonds. The van der Waals surface area contributed by atoms with Crippen molar-refractivity contribution in [3.8, 4) is 5.75 Å². The Morgan fingerprint density at radius 3 is 2.83 bits per heavy atom. The fourth-order valence-electron chi connectivity index (χ4n) is 2.14. The van der Waals surface area contributed by atoms with E-state index in [-0.39, 0.29) is 0 Å². The van der Waals surface area contributed by atoms with Crippen LogP contribution in [0.3, 0.4) is 0 Å². The Bertz CT molecular complexity index is 365. The van der Waals surface area contributed by atoms with E-state index >= 15 is 0 Å². The highest BCUT2D eigenvalue weighted by atomic mass is 16.5. The van der Waals surface area contributed by atoms with Crippen LogP contribution >= 0.6 is 0 Å². The molecule has 0 radical (unpaired) electrons. The molecule has 0 saturated carbocycles. The summed E-state index contributed by atoms with van der Waals surface area (Å²) in [7, 11) is 1.69. The van der Waals surface area contributed by atoms with Crippen LogP contribution in [0.4, 0.5) is 0 Å². The van der Waals surface area contributed by atoms with E-state index in [1.165, 1.54) is 18.5 Å². The summed E-state index contributed by atoms with van der Waals surface area (Å²) in [5.41, 5.74) is 1.23. The lowest BCUT2D eigenvalue weighted by atomic mass is 10.2. The van der Waals surface area contributed by atoms with E-state index in [0.29, 0.717) is 0 Å². The van der Waals surface area contributed by atoms with E-state index in [0.717, 1.165) is 31.9 Å². The lowest BCUT2D eigenvalue weighted by Gasteiger charge is -2.16. The zero-order chi connectivity index (χ0) is 12.6. The number of nitrogens with zero attached hydrogens (tertiary/aromatic N) is 1. The summed E-state index contributed by atoms with van der Waals surface area (Å²) >= 11 is 0. The van der Waals surface area contributed by atoms with Gasteiger partial charge in [0, 0.05) is 19.6 Å². The van der Waals surface area contributed by atoms with Crippen molar-refractivity contribution in [2.45, 2.75) is 6.42 Å². The van der Waals surface area contributed by atoms with Gasteiger partial charge in [-0.3, -0.25) is 4.90 Å². The van der Waals surface area contributed by atoms with Gasteiger partial charge in [0.25, 0.3) is 0 Å². The van der Waals surface area contributed by atoms with Gasteiger partial charge >= 0.3 is 0 Å². The van der Waals surface area contributed by atoms with Gasteiger partial charge in [-0.1, -0.05) is 24.3 Å². The van der Waals surface area contributed by atoms with Gasteiger partial charge < -0.3 is 10.1 Å². The van der Waals surface area contributed by atoms with Gasteiger partial charge in [-0.25, -0.2) is 0 Å². The Hall–Kier alpha value is -1.32. The molecule has 1 aromatic carbocycles. The highest BCUT2D eigenvalue weighted by molar-refractivity contribution is 5.50. The Balaban J connectivity index is 1.82. The third-order valence-electron chi connectivity index (χ3n) is 3.22. The molecule has 1 aliphatic heterocycles. The Labute approximate surface area is 109 Å². The lowest BCUT2D eigenvalue weighted by molar-refractivity contribution is 0.324. The minimum absolute atomic E-state index is 0.908. The third-order valence-corrected chi connectivity index (χ3v) is 3.22. The third kappa shape index (κ3) is 4.17. The van der Waals surface area contributed by atoms with Crippen LogP contribution in [-0.2, 0) is 0 Å². The van der Waals surface area contributed by atoms with Crippen molar-refractivity contribution in [3.05, 3.63) is 35.9 Å². The van der Waals surface area contributed by atoms with E-state index in [2.05, 4.69) is 34.5 Å². The van der Waals surface area contributed by atoms with Crippen LogP contribution in [0.2, 0.25) is 0 Å². The molecule has 3 heteroatoms. The van der Waals surface area contributed by atoms with Crippen molar-refractivity contribution < 1.29 is 4.74 Å². The standard InChI is InChI=1S/C15H22N2O/c1-18-15-7-5-14(6-8-15)4-2-11-17-12-3-9-16-10-13-17/h2,4-8,16H,3,9-13H2,1H3. The Morgan fingerprint density at radius 1 is 1.22 bits per heavy atom. The van der Waals surface area contributed by atoms with E-state index in [1.54, 1.807) is 7.11 Å². The molecular weight excluding hydrogens is 224 g/mol.